The van der Waals surface area contributed by atoms with Gasteiger partial charge in [0.15, 0.2) is 0 Å². The molecular weight excluding hydrogens is 212 g/mol. The number of hydrogen-bond donors (Lipinski definition) is 0. The molecule has 3 heteroatoms. The molecule has 0 unspecified atom stereocenters. The van der Waals surface area contributed by atoms with Gasteiger partial charge in [-0.25, -0.2) is 0 Å². The van der Waals surface area contributed by atoms with E-state index in [9.17, 15) is 0 Å². The molecule has 0 amide bonds. The number of nitrogens with zero attached hydrogens (tertiary/aromatic N) is 2. The summed E-state index contributed by atoms with van der Waals surface area (Å²) in [5.41, 5.74) is 0.313. The van der Waals surface area contributed by atoms with Gasteiger partial charge in [-0.2, -0.15) is 0 Å². The number of ether oxygens (including phenoxy) is 1. The molecule has 0 spiro atoms. The third-order valence-corrected chi connectivity index (χ3v) is 4.20. The van der Waals surface area contributed by atoms with E-state index in [2.05, 4.69) is 37.6 Å². The predicted octanol–water partition coefficient (Wildman–Crippen LogP) is 1.83. The van der Waals surface area contributed by atoms with Crippen LogP contribution in [0.1, 0.15) is 33.6 Å². The highest BCUT2D eigenvalue weighted by Gasteiger charge is 2.35. The van der Waals surface area contributed by atoms with Crippen molar-refractivity contribution in [1.29, 1.82) is 0 Å². The second-order valence-corrected chi connectivity index (χ2v) is 6.78. The van der Waals surface area contributed by atoms with Gasteiger partial charge >= 0.3 is 0 Å². The van der Waals surface area contributed by atoms with Crippen LogP contribution >= 0.6 is 0 Å². The fraction of sp³-hybridized carbons (Fsp3) is 1.00. The van der Waals surface area contributed by atoms with Crippen LogP contribution in [0.2, 0.25) is 0 Å². The third-order valence-electron chi connectivity index (χ3n) is 4.20. The Morgan fingerprint density at radius 1 is 1.12 bits per heavy atom. The van der Waals surface area contributed by atoms with E-state index in [1.807, 2.05) is 0 Å². The first-order valence-electron chi connectivity index (χ1n) is 7.00. The zero-order valence-corrected chi connectivity index (χ0v) is 11.9. The summed E-state index contributed by atoms with van der Waals surface area (Å²) >= 11 is 0. The predicted molar refractivity (Wildman–Crippen MR) is 71.3 cm³/mol. The minimum atomic E-state index is 0.313. The average Bonchev–Trinajstić information content (AvgIpc) is 2.16. The average molecular weight is 240 g/mol. The summed E-state index contributed by atoms with van der Waals surface area (Å²) < 4.78 is 6.02. The Balaban J connectivity index is 1.59. The Labute approximate surface area is 106 Å². The first-order chi connectivity index (χ1) is 7.95. The summed E-state index contributed by atoms with van der Waals surface area (Å²) in [7, 11) is 2.21. The normalized spacial score (nSPS) is 26.1. The maximum Gasteiger partial charge on any atom is 0.0829 e. The van der Waals surface area contributed by atoms with Gasteiger partial charge in [0, 0.05) is 25.2 Å². The standard InChI is InChI=1S/C14H28N2O/c1-14(2,3)16-9-13(10-16)17-11-12-5-7-15(4)8-6-12/h12-13H,5-11H2,1-4H3. The van der Waals surface area contributed by atoms with Crippen molar-refractivity contribution in [3.63, 3.8) is 0 Å². The lowest BCUT2D eigenvalue weighted by atomic mass is 9.97. The molecule has 0 N–H and O–H groups in total. The van der Waals surface area contributed by atoms with Crippen molar-refractivity contribution < 1.29 is 4.74 Å². The van der Waals surface area contributed by atoms with Crippen molar-refractivity contribution in [2.45, 2.75) is 45.3 Å². The van der Waals surface area contributed by atoms with Gasteiger partial charge in [-0.05, 0) is 59.7 Å². The van der Waals surface area contributed by atoms with E-state index < -0.39 is 0 Å². The Hall–Kier alpha value is -0.120. The summed E-state index contributed by atoms with van der Waals surface area (Å²) in [6.07, 6.45) is 3.12. The van der Waals surface area contributed by atoms with Crippen molar-refractivity contribution in [1.82, 2.24) is 9.80 Å². The van der Waals surface area contributed by atoms with Crippen LogP contribution in [-0.4, -0.2) is 61.3 Å². The topological polar surface area (TPSA) is 15.7 Å². The van der Waals surface area contributed by atoms with Gasteiger partial charge in [0.2, 0.25) is 0 Å². The Morgan fingerprint density at radius 2 is 1.71 bits per heavy atom. The lowest BCUT2D eigenvalue weighted by molar-refractivity contribution is -0.0998. The number of piperidine rings is 1. The van der Waals surface area contributed by atoms with Crippen LogP contribution in [0.3, 0.4) is 0 Å². The molecule has 0 aromatic rings. The highest BCUT2D eigenvalue weighted by molar-refractivity contribution is 4.89. The smallest absolute Gasteiger partial charge is 0.0829 e. The maximum absolute atomic E-state index is 6.02. The number of likely N-dealkylation sites (tertiary alicyclic amines) is 2. The van der Waals surface area contributed by atoms with Gasteiger partial charge in [0.05, 0.1) is 6.10 Å². The summed E-state index contributed by atoms with van der Waals surface area (Å²) in [5.74, 6) is 0.801. The van der Waals surface area contributed by atoms with Crippen LogP contribution in [0.15, 0.2) is 0 Å². The highest BCUT2D eigenvalue weighted by atomic mass is 16.5. The fourth-order valence-electron chi connectivity index (χ4n) is 2.59. The van der Waals surface area contributed by atoms with Gasteiger partial charge < -0.3 is 9.64 Å². The maximum atomic E-state index is 6.02. The van der Waals surface area contributed by atoms with Crippen LogP contribution in [0, 0.1) is 5.92 Å². The van der Waals surface area contributed by atoms with Gasteiger partial charge in [0.1, 0.15) is 0 Å². The second-order valence-electron chi connectivity index (χ2n) is 6.78. The molecule has 2 aliphatic heterocycles. The van der Waals surface area contributed by atoms with Crippen molar-refractivity contribution in [3.8, 4) is 0 Å². The van der Waals surface area contributed by atoms with Crippen molar-refractivity contribution in [2.75, 3.05) is 39.8 Å². The molecular formula is C14H28N2O. The molecule has 0 aliphatic carbocycles. The SMILES string of the molecule is CN1CCC(COC2CN(C(C)(C)C)C2)CC1. The Morgan fingerprint density at radius 3 is 2.24 bits per heavy atom. The largest absolute Gasteiger partial charge is 0.375 e. The summed E-state index contributed by atoms with van der Waals surface area (Å²) in [4.78, 5) is 4.91. The van der Waals surface area contributed by atoms with E-state index >= 15 is 0 Å². The molecule has 0 radical (unpaired) electrons. The monoisotopic (exact) mass is 240 g/mol. The minimum Gasteiger partial charge on any atom is -0.375 e. The molecule has 2 rings (SSSR count). The zero-order valence-electron chi connectivity index (χ0n) is 11.9. The van der Waals surface area contributed by atoms with E-state index in [4.69, 9.17) is 4.74 Å². The van der Waals surface area contributed by atoms with Gasteiger partial charge in [-0.3, -0.25) is 4.90 Å². The van der Waals surface area contributed by atoms with Crippen LogP contribution in [0.5, 0.6) is 0 Å². The van der Waals surface area contributed by atoms with Crippen LogP contribution in [-0.2, 0) is 4.74 Å². The Bertz CT molecular complexity index is 235. The second kappa shape index (κ2) is 5.25. The highest BCUT2D eigenvalue weighted by Crippen LogP contribution is 2.24. The fourth-order valence-corrected chi connectivity index (χ4v) is 2.59. The minimum absolute atomic E-state index is 0.313. The van der Waals surface area contributed by atoms with Crippen molar-refractivity contribution in [2.24, 2.45) is 5.92 Å². The summed E-state index contributed by atoms with van der Waals surface area (Å²) in [6.45, 7) is 12.5. The molecule has 0 atom stereocenters. The number of rotatable bonds is 3. The van der Waals surface area contributed by atoms with E-state index in [1.165, 1.54) is 25.9 Å². The third kappa shape index (κ3) is 3.67. The molecule has 3 nitrogen and oxygen atoms in total. The zero-order chi connectivity index (χ0) is 12.5. The molecule has 0 saturated carbocycles. The Kier molecular flexibility index (Phi) is 4.11. The van der Waals surface area contributed by atoms with E-state index in [1.54, 1.807) is 0 Å². The van der Waals surface area contributed by atoms with Gasteiger partial charge in [-0.1, -0.05) is 0 Å². The quantitative estimate of drug-likeness (QED) is 0.748. The summed E-state index contributed by atoms with van der Waals surface area (Å²) in [6, 6.07) is 0. The van der Waals surface area contributed by atoms with Crippen molar-refractivity contribution >= 4 is 0 Å². The first-order valence-corrected chi connectivity index (χ1v) is 7.00. The van der Waals surface area contributed by atoms with Gasteiger partial charge in [0.25, 0.3) is 0 Å². The molecule has 2 saturated heterocycles. The van der Waals surface area contributed by atoms with Crippen LogP contribution < -0.4 is 0 Å². The molecule has 0 aromatic heterocycles. The van der Waals surface area contributed by atoms with Gasteiger partial charge in [-0.15, -0.1) is 0 Å². The van der Waals surface area contributed by atoms with E-state index in [0.29, 0.717) is 11.6 Å². The molecule has 2 fully saturated rings. The lowest BCUT2D eigenvalue weighted by Crippen LogP contribution is -2.59. The van der Waals surface area contributed by atoms with Crippen LogP contribution in [0.25, 0.3) is 0 Å². The van der Waals surface area contributed by atoms with Crippen molar-refractivity contribution in [3.05, 3.63) is 0 Å². The lowest BCUT2D eigenvalue weighted by Gasteiger charge is -2.47. The molecule has 2 heterocycles. The molecule has 2 aliphatic rings. The molecule has 0 bridgehead atoms. The molecule has 0 aromatic carbocycles. The van der Waals surface area contributed by atoms with E-state index in [-0.39, 0.29) is 0 Å². The molecule has 100 valence electrons. The summed E-state index contributed by atoms with van der Waals surface area (Å²) in [5, 5.41) is 0. The number of hydrogen-bond acceptors (Lipinski definition) is 3. The molecule has 17 heavy (non-hydrogen) atoms. The van der Waals surface area contributed by atoms with Crippen LogP contribution in [0.4, 0.5) is 0 Å². The van der Waals surface area contributed by atoms with E-state index in [0.717, 1.165) is 25.6 Å². The first kappa shape index (κ1) is 13.3.